The van der Waals surface area contributed by atoms with E-state index in [2.05, 4.69) is 4.72 Å². The van der Waals surface area contributed by atoms with Crippen molar-refractivity contribution in [1.29, 1.82) is 0 Å². The summed E-state index contributed by atoms with van der Waals surface area (Å²) >= 11 is 0. The first-order valence-corrected chi connectivity index (χ1v) is 6.41. The van der Waals surface area contributed by atoms with Gasteiger partial charge in [0, 0.05) is 6.04 Å². The van der Waals surface area contributed by atoms with E-state index < -0.39 is 17.1 Å². The molecular formula is C12H15NO2S. The van der Waals surface area contributed by atoms with Gasteiger partial charge in [-0.2, -0.15) is 0 Å². The van der Waals surface area contributed by atoms with E-state index in [1.54, 1.807) is 6.08 Å². The highest BCUT2D eigenvalue weighted by atomic mass is 32.2. The predicted octanol–water partition coefficient (Wildman–Crippen LogP) is 1.30. The highest BCUT2D eigenvalue weighted by Gasteiger charge is 2.18. The number of nitrogens with one attached hydrogen (secondary N) is 1. The van der Waals surface area contributed by atoms with Crippen molar-refractivity contribution >= 4 is 11.0 Å². The van der Waals surface area contributed by atoms with Crippen LogP contribution in [0.2, 0.25) is 0 Å². The maximum absolute atomic E-state index is 11.9. The van der Waals surface area contributed by atoms with Crippen LogP contribution in [-0.4, -0.2) is 21.5 Å². The average molecular weight is 237 g/mol. The first-order valence-electron chi connectivity index (χ1n) is 5.26. The summed E-state index contributed by atoms with van der Waals surface area (Å²) in [4.78, 5) is 0.764. The molecule has 0 fully saturated rings. The van der Waals surface area contributed by atoms with Crippen molar-refractivity contribution in [3.63, 3.8) is 0 Å². The van der Waals surface area contributed by atoms with E-state index in [9.17, 15) is 9.32 Å². The van der Waals surface area contributed by atoms with E-state index in [0.717, 1.165) is 10.5 Å². The molecule has 0 aromatic heterocycles. The van der Waals surface area contributed by atoms with Crippen LogP contribution in [0, 0.1) is 6.92 Å². The molecular weight excluding hydrogens is 222 g/mol. The lowest BCUT2D eigenvalue weighted by molar-refractivity contribution is 0.217. The molecule has 16 heavy (non-hydrogen) atoms. The molecule has 4 heteroatoms. The summed E-state index contributed by atoms with van der Waals surface area (Å²) < 4.78 is 14.9. The van der Waals surface area contributed by atoms with E-state index in [4.69, 9.17) is 0 Å². The van der Waals surface area contributed by atoms with Crippen LogP contribution in [-0.2, 0) is 11.0 Å². The first kappa shape index (κ1) is 11.5. The van der Waals surface area contributed by atoms with Gasteiger partial charge in [0.25, 0.3) is 0 Å². The fourth-order valence-electron chi connectivity index (χ4n) is 1.63. The summed E-state index contributed by atoms with van der Waals surface area (Å²) in [5, 5.41) is 9.29. The molecule has 0 saturated carbocycles. The molecule has 3 atom stereocenters. The second kappa shape index (κ2) is 4.91. The van der Waals surface area contributed by atoms with Crippen LogP contribution >= 0.6 is 0 Å². The van der Waals surface area contributed by atoms with Crippen LogP contribution in [0.4, 0.5) is 0 Å². The number of rotatable bonds is 3. The second-order valence-electron chi connectivity index (χ2n) is 3.99. The zero-order valence-electron chi connectivity index (χ0n) is 9.09. The van der Waals surface area contributed by atoms with Crippen molar-refractivity contribution in [3.05, 3.63) is 42.0 Å². The first-order chi connectivity index (χ1) is 7.65. The number of aryl methyl sites for hydroxylation is 1. The minimum Gasteiger partial charge on any atom is -0.389 e. The van der Waals surface area contributed by atoms with Gasteiger partial charge < -0.3 is 5.11 Å². The van der Waals surface area contributed by atoms with E-state index in [-0.39, 0.29) is 6.04 Å². The molecule has 0 spiro atoms. The zero-order chi connectivity index (χ0) is 11.5. The summed E-state index contributed by atoms with van der Waals surface area (Å²) in [7, 11) is -1.21. The lowest BCUT2D eigenvalue weighted by Crippen LogP contribution is -2.28. The predicted molar refractivity (Wildman–Crippen MR) is 64.3 cm³/mol. The molecule has 1 aliphatic carbocycles. The lowest BCUT2D eigenvalue weighted by atomic mass is 10.2. The fraction of sp³-hybridized carbons (Fsp3) is 0.333. The van der Waals surface area contributed by atoms with E-state index in [1.807, 2.05) is 37.3 Å². The van der Waals surface area contributed by atoms with Gasteiger partial charge in [0.1, 0.15) is 11.0 Å². The summed E-state index contributed by atoms with van der Waals surface area (Å²) in [5.41, 5.74) is 1.15. The van der Waals surface area contributed by atoms with Gasteiger partial charge in [-0.15, -0.1) is 0 Å². The Bertz CT molecular complexity index is 414. The largest absolute Gasteiger partial charge is 0.389 e. The zero-order valence-corrected chi connectivity index (χ0v) is 9.91. The van der Waals surface area contributed by atoms with Gasteiger partial charge in [0.2, 0.25) is 0 Å². The van der Waals surface area contributed by atoms with Gasteiger partial charge in [-0.25, -0.2) is 8.93 Å². The molecule has 2 rings (SSSR count). The minimum absolute atomic E-state index is 0.00265. The number of hydrogen-bond acceptors (Lipinski definition) is 2. The molecule has 2 N–H and O–H groups in total. The van der Waals surface area contributed by atoms with Crippen LogP contribution < -0.4 is 4.72 Å². The highest BCUT2D eigenvalue weighted by Crippen LogP contribution is 2.13. The van der Waals surface area contributed by atoms with Crippen molar-refractivity contribution in [2.24, 2.45) is 0 Å². The average Bonchev–Trinajstić information content (AvgIpc) is 2.65. The summed E-state index contributed by atoms with van der Waals surface area (Å²) in [6, 6.07) is 7.58. The van der Waals surface area contributed by atoms with Crippen molar-refractivity contribution < 1.29 is 9.32 Å². The van der Waals surface area contributed by atoms with Gasteiger partial charge in [0.15, 0.2) is 0 Å². The van der Waals surface area contributed by atoms with Crippen LogP contribution in [0.5, 0.6) is 0 Å². The van der Waals surface area contributed by atoms with Crippen molar-refractivity contribution in [1.82, 2.24) is 4.72 Å². The Balaban J connectivity index is 1.98. The van der Waals surface area contributed by atoms with E-state index in [0.29, 0.717) is 6.42 Å². The topological polar surface area (TPSA) is 49.3 Å². The van der Waals surface area contributed by atoms with Gasteiger partial charge in [0.05, 0.1) is 11.0 Å². The molecule has 0 heterocycles. The van der Waals surface area contributed by atoms with E-state index >= 15 is 0 Å². The Kier molecular flexibility index (Phi) is 3.53. The second-order valence-corrected chi connectivity index (χ2v) is 5.24. The number of hydrogen-bond donors (Lipinski definition) is 2. The van der Waals surface area contributed by atoms with E-state index in [1.165, 1.54) is 0 Å². The number of aliphatic hydroxyl groups excluding tert-OH is 1. The Morgan fingerprint density at radius 3 is 2.56 bits per heavy atom. The van der Waals surface area contributed by atoms with Gasteiger partial charge in [-0.3, -0.25) is 0 Å². The molecule has 0 bridgehead atoms. The monoisotopic (exact) mass is 237 g/mol. The smallest absolute Gasteiger partial charge is 0.125 e. The Labute approximate surface area is 97.8 Å². The minimum atomic E-state index is -1.21. The Morgan fingerprint density at radius 2 is 2.00 bits per heavy atom. The van der Waals surface area contributed by atoms with Crippen molar-refractivity contribution in [3.8, 4) is 0 Å². The van der Waals surface area contributed by atoms with Crippen molar-refractivity contribution in [2.75, 3.05) is 0 Å². The fourth-order valence-corrected chi connectivity index (χ4v) is 2.60. The molecule has 0 radical (unpaired) electrons. The third kappa shape index (κ3) is 2.78. The summed E-state index contributed by atoms with van der Waals surface area (Å²) in [6.07, 6.45) is 3.77. The van der Waals surface area contributed by atoms with Gasteiger partial charge in [-0.1, -0.05) is 29.8 Å². The molecule has 0 amide bonds. The lowest BCUT2D eigenvalue weighted by Gasteiger charge is -2.10. The molecule has 0 saturated heterocycles. The third-order valence-electron chi connectivity index (χ3n) is 2.55. The van der Waals surface area contributed by atoms with Crippen molar-refractivity contribution in [2.45, 2.75) is 30.4 Å². The van der Waals surface area contributed by atoms with Gasteiger partial charge >= 0.3 is 0 Å². The standard InChI is InChI=1S/C12H15NO2S/c1-9-2-6-12(7-3-9)16(15)13-10-4-5-11(14)8-10/h2-7,10-11,13-14H,8H2,1H3/t10-,11-,16?/m0/s1. The quantitative estimate of drug-likeness (QED) is 0.778. The Morgan fingerprint density at radius 1 is 1.31 bits per heavy atom. The third-order valence-corrected chi connectivity index (χ3v) is 3.77. The SMILES string of the molecule is Cc1ccc(S(=O)N[C@H]2C=C[C@H](O)C2)cc1. The highest BCUT2D eigenvalue weighted by molar-refractivity contribution is 7.83. The molecule has 1 aromatic carbocycles. The van der Waals surface area contributed by atoms with Crippen LogP contribution in [0.1, 0.15) is 12.0 Å². The normalized spacial score (nSPS) is 25.9. The molecule has 3 nitrogen and oxygen atoms in total. The molecule has 1 aromatic rings. The number of aliphatic hydroxyl groups is 1. The summed E-state index contributed by atoms with van der Waals surface area (Å²) in [6.45, 7) is 2.00. The summed E-state index contributed by atoms with van der Waals surface area (Å²) in [5.74, 6) is 0. The van der Waals surface area contributed by atoms with Crippen LogP contribution in [0.3, 0.4) is 0 Å². The molecule has 1 aliphatic rings. The molecule has 86 valence electrons. The van der Waals surface area contributed by atoms with Gasteiger partial charge in [-0.05, 0) is 25.5 Å². The maximum Gasteiger partial charge on any atom is 0.125 e. The van der Waals surface area contributed by atoms with Crippen LogP contribution in [0.15, 0.2) is 41.3 Å². The maximum atomic E-state index is 11.9. The molecule has 1 unspecified atom stereocenters. The Hall–Kier alpha value is -0.970. The van der Waals surface area contributed by atoms with Crippen LogP contribution in [0.25, 0.3) is 0 Å². The molecule has 0 aliphatic heterocycles. The number of benzene rings is 1.